The Morgan fingerprint density at radius 2 is 2.05 bits per heavy atom. The molecule has 0 aliphatic carbocycles. The molecule has 2 saturated heterocycles. The molecule has 0 spiro atoms. The second-order valence-corrected chi connectivity index (χ2v) is 6.27. The fraction of sp³-hybridized carbons (Fsp3) is 0.625. The summed E-state index contributed by atoms with van der Waals surface area (Å²) in [6.45, 7) is 1.55. The molecule has 0 amide bonds. The van der Waals surface area contributed by atoms with Crippen LogP contribution in [0.15, 0.2) is 18.2 Å². The number of aliphatic hydroxyl groups is 1. The van der Waals surface area contributed by atoms with Crippen molar-refractivity contribution < 1.29 is 19.3 Å². The molecule has 2 bridgehead atoms. The Morgan fingerprint density at radius 1 is 1.24 bits per heavy atom. The molecule has 21 heavy (non-hydrogen) atoms. The summed E-state index contributed by atoms with van der Waals surface area (Å²) in [7, 11) is 0. The molecule has 0 aromatic heterocycles. The topological polar surface area (TPSA) is 73.9 Å². The van der Waals surface area contributed by atoms with Gasteiger partial charge in [0.15, 0.2) is 11.5 Å². The minimum atomic E-state index is -0.631. The Balaban J connectivity index is 1.66. The third kappa shape index (κ3) is 1.95. The average molecular weight is 291 g/mol. The summed E-state index contributed by atoms with van der Waals surface area (Å²) in [6, 6.07) is 5.65. The monoisotopic (exact) mass is 291 g/mol. The Kier molecular flexibility index (Phi) is 3.10. The van der Waals surface area contributed by atoms with Gasteiger partial charge in [-0.15, -0.1) is 0 Å². The van der Waals surface area contributed by atoms with Crippen molar-refractivity contribution in [1.82, 2.24) is 0 Å². The van der Waals surface area contributed by atoms with Crippen LogP contribution in [-0.2, 0) is 4.74 Å². The van der Waals surface area contributed by atoms with E-state index in [-0.39, 0.29) is 17.6 Å². The summed E-state index contributed by atoms with van der Waals surface area (Å²) >= 11 is 0. The van der Waals surface area contributed by atoms with Crippen LogP contribution in [0.2, 0.25) is 0 Å². The molecule has 1 aromatic carbocycles. The molecular weight excluding hydrogens is 270 g/mol. The van der Waals surface area contributed by atoms with Crippen LogP contribution in [0, 0.1) is 5.41 Å². The summed E-state index contributed by atoms with van der Waals surface area (Å²) in [5, 5.41) is 10.9. The van der Waals surface area contributed by atoms with Gasteiger partial charge in [-0.05, 0) is 37.0 Å². The van der Waals surface area contributed by atoms with Gasteiger partial charge in [-0.1, -0.05) is 6.07 Å². The first-order valence-corrected chi connectivity index (χ1v) is 7.66. The highest BCUT2D eigenvalue weighted by Gasteiger charge is 2.55. The highest BCUT2D eigenvalue weighted by atomic mass is 16.6. The smallest absolute Gasteiger partial charge is 0.161 e. The van der Waals surface area contributed by atoms with Gasteiger partial charge in [0.05, 0.1) is 18.3 Å². The number of ether oxygens (including phenoxy) is 3. The van der Waals surface area contributed by atoms with E-state index in [2.05, 4.69) is 0 Å². The van der Waals surface area contributed by atoms with E-state index in [0.29, 0.717) is 25.5 Å². The van der Waals surface area contributed by atoms with Gasteiger partial charge in [0.2, 0.25) is 0 Å². The van der Waals surface area contributed by atoms with Crippen LogP contribution in [0.4, 0.5) is 0 Å². The normalized spacial score (nSPS) is 35.0. The zero-order chi connectivity index (χ0) is 14.4. The molecule has 4 unspecified atom stereocenters. The molecule has 114 valence electrons. The van der Waals surface area contributed by atoms with Crippen LogP contribution in [0.3, 0.4) is 0 Å². The first-order valence-electron chi connectivity index (χ1n) is 7.66. The summed E-state index contributed by atoms with van der Waals surface area (Å²) < 4.78 is 17.1. The van der Waals surface area contributed by atoms with Crippen LogP contribution in [0.1, 0.15) is 30.9 Å². The maximum Gasteiger partial charge on any atom is 0.161 e. The number of fused-ring (bicyclic) bond motifs is 3. The van der Waals surface area contributed by atoms with Crippen molar-refractivity contribution in [2.45, 2.75) is 37.6 Å². The molecule has 0 radical (unpaired) electrons. The largest absolute Gasteiger partial charge is 0.486 e. The Labute approximate surface area is 124 Å². The van der Waals surface area contributed by atoms with Crippen molar-refractivity contribution in [2.75, 3.05) is 19.8 Å². The summed E-state index contributed by atoms with van der Waals surface area (Å²) in [5.74, 6) is 1.44. The Morgan fingerprint density at radius 3 is 2.71 bits per heavy atom. The van der Waals surface area contributed by atoms with E-state index >= 15 is 0 Å². The first kappa shape index (κ1) is 13.4. The number of benzene rings is 1. The molecule has 3 N–H and O–H groups in total. The fourth-order valence-corrected chi connectivity index (χ4v) is 4.01. The standard InChI is InChI=1S/C16H21NO4/c17-9-16(8-11-2-4-14(16)21-11)15(18)10-1-3-12-13(7-10)20-6-5-19-12/h1,3,7,11,14-15,18H,2,4-6,8-9,17H2. The van der Waals surface area contributed by atoms with Gasteiger partial charge in [0.1, 0.15) is 13.2 Å². The van der Waals surface area contributed by atoms with E-state index in [0.717, 1.165) is 30.6 Å². The van der Waals surface area contributed by atoms with E-state index < -0.39 is 6.10 Å². The molecule has 3 aliphatic heterocycles. The second kappa shape index (κ2) is 4.87. The van der Waals surface area contributed by atoms with Crippen molar-refractivity contribution >= 4 is 0 Å². The zero-order valence-electron chi connectivity index (χ0n) is 12.0. The van der Waals surface area contributed by atoms with Gasteiger partial charge >= 0.3 is 0 Å². The third-order valence-corrected chi connectivity index (χ3v) is 5.16. The molecule has 2 fully saturated rings. The van der Waals surface area contributed by atoms with Crippen molar-refractivity contribution in [3.05, 3.63) is 23.8 Å². The van der Waals surface area contributed by atoms with Crippen molar-refractivity contribution in [1.29, 1.82) is 0 Å². The van der Waals surface area contributed by atoms with Crippen molar-refractivity contribution in [3.8, 4) is 11.5 Å². The highest BCUT2D eigenvalue weighted by molar-refractivity contribution is 5.45. The minimum absolute atomic E-state index is 0.0655. The lowest BCUT2D eigenvalue weighted by Gasteiger charge is -2.39. The highest BCUT2D eigenvalue weighted by Crippen LogP contribution is 2.54. The van der Waals surface area contributed by atoms with Gasteiger partial charge in [-0.25, -0.2) is 0 Å². The van der Waals surface area contributed by atoms with Crippen LogP contribution in [-0.4, -0.2) is 37.1 Å². The van der Waals surface area contributed by atoms with Gasteiger partial charge < -0.3 is 25.1 Å². The lowest BCUT2D eigenvalue weighted by molar-refractivity contribution is -0.0265. The Bertz CT molecular complexity index is 549. The molecule has 3 aliphatic rings. The SMILES string of the molecule is NCC1(C(O)c2ccc3c(c2)OCCO3)CC2CCC1O2. The molecule has 5 nitrogen and oxygen atoms in total. The summed E-state index contributed by atoms with van der Waals surface area (Å²) in [5.41, 5.74) is 6.50. The van der Waals surface area contributed by atoms with Gasteiger partial charge in [-0.3, -0.25) is 0 Å². The second-order valence-electron chi connectivity index (χ2n) is 6.27. The maximum absolute atomic E-state index is 10.9. The fourth-order valence-electron chi connectivity index (χ4n) is 4.01. The van der Waals surface area contributed by atoms with Gasteiger partial charge in [0, 0.05) is 12.0 Å². The lowest BCUT2D eigenvalue weighted by Crippen LogP contribution is -2.44. The van der Waals surface area contributed by atoms with E-state index in [1.807, 2.05) is 18.2 Å². The molecule has 5 heteroatoms. The quantitative estimate of drug-likeness (QED) is 0.880. The molecule has 3 heterocycles. The number of hydrogen-bond acceptors (Lipinski definition) is 5. The third-order valence-electron chi connectivity index (χ3n) is 5.16. The predicted molar refractivity (Wildman–Crippen MR) is 76.4 cm³/mol. The maximum atomic E-state index is 10.9. The van der Waals surface area contributed by atoms with Crippen LogP contribution in [0.25, 0.3) is 0 Å². The van der Waals surface area contributed by atoms with Crippen molar-refractivity contribution in [3.63, 3.8) is 0 Å². The van der Waals surface area contributed by atoms with Gasteiger partial charge in [0.25, 0.3) is 0 Å². The molecule has 4 rings (SSSR count). The van der Waals surface area contributed by atoms with E-state index in [1.165, 1.54) is 0 Å². The van der Waals surface area contributed by atoms with Crippen LogP contribution < -0.4 is 15.2 Å². The number of hydrogen-bond donors (Lipinski definition) is 2. The number of rotatable bonds is 3. The van der Waals surface area contributed by atoms with E-state index in [9.17, 15) is 5.11 Å². The van der Waals surface area contributed by atoms with Crippen molar-refractivity contribution in [2.24, 2.45) is 11.1 Å². The predicted octanol–water partition coefficient (Wildman–Crippen LogP) is 1.39. The van der Waals surface area contributed by atoms with Gasteiger partial charge in [-0.2, -0.15) is 0 Å². The average Bonchev–Trinajstić information content (AvgIpc) is 3.15. The molecule has 1 aromatic rings. The molecule has 0 saturated carbocycles. The first-order chi connectivity index (χ1) is 10.2. The lowest BCUT2D eigenvalue weighted by atomic mass is 9.68. The molecular formula is C16H21NO4. The van der Waals surface area contributed by atoms with Crippen LogP contribution >= 0.6 is 0 Å². The number of aliphatic hydroxyl groups excluding tert-OH is 1. The van der Waals surface area contributed by atoms with E-state index in [1.54, 1.807) is 0 Å². The zero-order valence-corrected chi connectivity index (χ0v) is 12.0. The summed E-state index contributed by atoms with van der Waals surface area (Å²) in [4.78, 5) is 0. The minimum Gasteiger partial charge on any atom is -0.486 e. The van der Waals surface area contributed by atoms with Crippen LogP contribution in [0.5, 0.6) is 11.5 Å². The summed E-state index contributed by atoms with van der Waals surface area (Å²) in [6.07, 6.45) is 2.60. The number of nitrogens with two attached hydrogens (primary N) is 1. The Hall–Kier alpha value is -1.30. The molecule has 4 atom stereocenters. The van der Waals surface area contributed by atoms with E-state index in [4.69, 9.17) is 19.9 Å².